The summed E-state index contributed by atoms with van der Waals surface area (Å²) in [6, 6.07) is 17.6. The Morgan fingerprint density at radius 2 is 1.64 bits per heavy atom. The Labute approximate surface area is 205 Å². The Bertz CT molecular complexity index is 1210. The van der Waals surface area contributed by atoms with Gasteiger partial charge in [-0.3, -0.25) is 4.79 Å². The third kappa shape index (κ3) is 6.28. The second-order valence-corrected chi connectivity index (χ2v) is 10.2. The zero-order valence-corrected chi connectivity index (χ0v) is 20.8. The first kappa shape index (κ1) is 25.1. The fourth-order valence-electron chi connectivity index (χ4n) is 3.22. The standard InChI is InChI=1S/C25H25Cl2NO4S/c1-3-4-5-19-6-10-21(11-7-19)28(33(30,31)23-13-8-20(26)9-14-23)25(29)17-32-22-12-15-24(27)18(2)16-22/h6-16H,3-5,17H2,1-2H3. The maximum absolute atomic E-state index is 13.4. The number of carbonyl (C=O) groups excluding carboxylic acids is 1. The molecule has 0 spiro atoms. The molecule has 5 nitrogen and oxygen atoms in total. The summed E-state index contributed by atoms with van der Waals surface area (Å²) in [4.78, 5) is 13.1. The Hall–Kier alpha value is -2.54. The maximum atomic E-state index is 13.4. The summed E-state index contributed by atoms with van der Waals surface area (Å²) in [5, 5.41) is 0.970. The van der Waals surface area contributed by atoms with E-state index < -0.39 is 22.5 Å². The number of anilines is 1. The van der Waals surface area contributed by atoms with Crippen molar-refractivity contribution < 1.29 is 17.9 Å². The molecule has 174 valence electrons. The van der Waals surface area contributed by atoms with Crippen LogP contribution in [-0.4, -0.2) is 20.9 Å². The van der Waals surface area contributed by atoms with Gasteiger partial charge in [-0.1, -0.05) is 48.7 Å². The zero-order chi connectivity index (χ0) is 24.0. The van der Waals surface area contributed by atoms with Gasteiger partial charge < -0.3 is 4.74 Å². The van der Waals surface area contributed by atoms with Gasteiger partial charge in [0.15, 0.2) is 6.61 Å². The van der Waals surface area contributed by atoms with Crippen LogP contribution in [0.4, 0.5) is 5.69 Å². The number of rotatable bonds is 9. The molecular formula is C25H25Cl2NO4S. The van der Waals surface area contributed by atoms with Crippen LogP contribution in [0.2, 0.25) is 10.0 Å². The number of ether oxygens (including phenoxy) is 1. The van der Waals surface area contributed by atoms with Crippen LogP contribution >= 0.6 is 23.2 Å². The highest BCUT2D eigenvalue weighted by Crippen LogP contribution is 2.27. The van der Waals surface area contributed by atoms with E-state index in [0.29, 0.717) is 15.8 Å². The van der Waals surface area contributed by atoms with Gasteiger partial charge in [-0.15, -0.1) is 0 Å². The van der Waals surface area contributed by atoms with Gasteiger partial charge in [-0.05, 0) is 85.5 Å². The summed E-state index contributed by atoms with van der Waals surface area (Å²) in [6.45, 7) is 3.45. The zero-order valence-electron chi connectivity index (χ0n) is 18.4. The van der Waals surface area contributed by atoms with Gasteiger partial charge in [-0.25, -0.2) is 8.42 Å². The average molecular weight is 506 g/mol. The number of carbonyl (C=O) groups is 1. The third-order valence-corrected chi connectivity index (χ3v) is 7.50. The molecule has 3 rings (SSSR count). The summed E-state index contributed by atoms with van der Waals surface area (Å²) >= 11 is 12.0. The molecule has 3 aromatic rings. The lowest BCUT2D eigenvalue weighted by molar-refractivity contribution is -0.119. The molecule has 0 aromatic heterocycles. The SMILES string of the molecule is CCCCc1ccc(N(C(=O)COc2ccc(Cl)c(C)c2)S(=O)(=O)c2ccc(Cl)cc2)cc1. The molecule has 0 aliphatic heterocycles. The van der Waals surface area contributed by atoms with E-state index in [1.165, 1.54) is 24.3 Å². The van der Waals surface area contributed by atoms with Gasteiger partial charge in [0, 0.05) is 10.0 Å². The van der Waals surface area contributed by atoms with Crippen LogP contribution in [0.25, 0.3) is 0 Å². The topological polar surface area (TPSA) is 63.7 Å². The Balaban J connectivity index is 1.92. The summed E-state index contributed by atoms with van der Waals surface area (Å²) in [6.07, 6.45) is 2.96. The number of aryl methyl sites for hydroxylation is 2. The van der Waals surface area contributed by atoms with Gasteiger partial charge in [0.1, 0.15) is 5.75 Å². The molecule has 0 atom stereocenters. The van der Waals surface area contributed by atoms with Crippen molar-refractivity contribution in [3.8, 4) is 5.75 Å². The van der Waals surface area contributed by atoms with Crippen LogP contribution in [0, 0.1) is 6.92 Å². The molecule has 0 radical (unpaired) electrons. The number of nitrogens with zero attached hydrogens (tertiary/aromatic N) is 1. The van der Waals surface area contributed by atoms with E-state index in [9.17, 15) is 13.2 Å². The van der Waals surface area contributed by atoms with Crippen molar-refractivity contribution in [2.24, 2.45) is 0 Å². The van der Waals surface area contributed by atoms with Crippen LogP contribution in [-0.2, 0) is 21.2 Å². The summed E-state index contributed by atoms with van der Waals surface area (Å²) < 4.78 is 33.3. The van der Waals surface area contributed by atoms with Crippen LogP contribution in [0.5, 0.6) is 5.75 Å². The van der Waals surface area contributed by atoms with E-state index in [1.807, 2.05) is 19.1 Å². The van der Waals surface area contributed by atoms with E-state index in [0.717, 1.165) is 34.7 Å². The number of benzene rings is 3. The van der Waals surface area contributed by atoms with E-state index in [2.05, 4.69) is 6.92 Å². The normalized spacial score (nSPS) is 11.3. The summed E-state index contributed by atoms with van der Waals surface area (Å²) in [7, 11) is -4.20. The van der Waals surface area contributed by atoms with Crippen molar-refractivity contribution in [2.45, 2.75) is 38.0 Å². The summed E-state index contributed by atoms with van der Waals surface area (Å²) in [5.74, 6) is -0.303. The van der Waals surface area contributed by atoms with Crippen molar-refractivity contribution in [3.63, 3.8) is 0 Å². The Kier molecular flexibility index (Phi) is 8.40. The maximum Gasteiger partial charge on any atom is 0.278 e. The monoisotopic (exact) mass is 505 g/mol. The van der Waals surface area contributed by atoms with Gasteiger partial charge in [0.05, 0.1) is 10.6 Å². The van der Waals surface area contributed by atoms with Crippen molar-refractivity contribution in [2.75, 3.05) is 10.9 Å². The molecular weight excluding hydrogens is 481 g/mol. The van der Waals surface area contributed by atoms with E-state index >= 15 is 0 Å². The fourth-order valence-corrected chi connectivity index (χ4v) is 4.87. The average Bonchev–Trinajstić information content (AvgIpc) is 2.79. The van der Waals surface area contributed by atoms with Crippen LogP contribution < -0.4 is 9.04 Å². The van der Waals surface area contributed by atoms with Crippen LogP contribution in [0.1, 0.15) is 30.9 Å². The minimum Gasteiger partial charge on any atom is -0.484 e. The Morgan fingerprint density at radius 3 is 2.24 bits per heavy atom. The minimum absolute atomic E-state index is 0.0438. The number of unbranched alkanes of at least 4 members (excludes halogenated alkanes) is 1. The number of amides is 1. The molecule has 0 fully saturated rings. The second-order valence-electron chi connectivity index (χ2n) is 7.59. The third-order valence-electron chi connectivity index (χ3n) is 5.06. The number of hydrogen-bond acceptors (Lipinski definition) is 4. The first-order valence-corrected chi connectivity index (χ1v) is 12.7. The van der Waals surface area contributed by atoms with Crippen molar-refractivity contribution >= 4 is 44.8 Å². The highest BCUT2D eigenvalue weighted by molar-refractivity contribution is 7.93. The van der Waals surface area contributed by atoms with Crippen molar-refractivity contribution in [3.05, 3.63) is 87.9 Å². The molecule has 0 N–H and O–H groups in total. The van der Waals surface area contributed by atoms with E-state index in [1.54, 1.807) is 30.3 Å². The molecule has 33 heavy (non-hydrogen) atoms. The van der Waals surface area contributed by atoms with Crippen LogP contribution in [0.15, 0.2) is 71.6 Å². The fraction of sp³-hybridized carbons (Fsp3) is 0.240. The predicted molar refractivity (Wildman–Crippen MR) is 133 cm³/mol. The molecule has 0 saturated heterocycles. The molecule has 8 heteroatoms. The quantitative estimate of drug-likeness (QED) is 0.335. The lowest BCUT2D eigenvalue weighted by Gasteiger charge is -2.23. The lowest BCUT2D eigenvalue weighted by atomic mass is 10.1. The molecule has 0 aliphatic rings. The summed E-state index contributed by atoms with van der Waals surface area (Å²) in [5.41, 5.74) is 2.10. The van der Waals surface area contributed by atoms with Gasteiger partial charge in [0.25, 0.3) is 15.9 Å². The molecule has 0 aliphatic carbocycles. The second kappa shape index (κ2) is 11.1. The van der Waals surface area contributed by atoms with Gasteiger partial charge in [0.2, 0.25) is 0 Å². The number of hydrogen-bond donors (Lipinski definition) is 0. The highest BCUT2D eigenvalue weighted by atomic mass is 35.5. The van der Waals surface area contributed by atoms with Gasteiger partial charge in [-0.2, -0.15) is 4.31 Å². The number of sulfonamides is 1. The molecule has 0 unspecified atom stereocenters. The van der Waals surface area contributed by atoms with Crippen molar-refractivity contribution in [1.29, 1.82) is 0 Å². The molecule has 1 amide bonds. The van der Waals surface area contributed by atoms with Crippen molar-refractivity contribution in [1.82, 2.24) is 0 Å². The number of halogens is 2. The minimum atomic E-state index is -4.20. The largest absolute Gasteiger partial charge is 0.484 e. The first-order chi connectivity index (χ1) is 15.7. The molecule has 0 bridgehead atoms. The van der Waals surface area contributed by atoms with E-state index in [4.69, 9.17) is 27.9 Å². The highest BCUT2D eigenvalue weighted by Gasteiger charge is 2.31. The lowest BCUT2D eigenvalue weighted by Crippen LogP contribution is -2.40. The molecule has 0 heterocycles. The first-order valence-electron chi connectivity index (χ1n) is 10.5. The van der Waals surface area contributed by atoms with E-state index in [-0.39, 0.29) is 10.6 Å². The molecule has 3 aromatic carbocycles. The smallest absolute Gasteiger partial charge is 0.278 e. The van der Waals surface area contributed by atoms with Crippen LogP contribution in [0.3, 0.4) is 0 Å². The predicted octanol–water partition coefficient (Wildman–Crippen LogP) is 6.45. The van der Waals surface area contributed by atoms with Gasteiger partial charge >= 0.3 is 0 Å². The Morgan fingerprint density at radius 1 is 0.970 bits per heavy atom. The molecule has 0 saturated carbocycles.